The van der Waals surface area contributed by atoms with Crippen LogP contribution >= 0.6 is 0 Å². The Balaban J connectivity index is 1.72. The van der Waals surface area contributed by atoms with E-state index in [4.69, 9.17) is 11.5 Å². The predicted octanol–water partition coefficient (Wildman–Crippen LogP) is 2.12. The molecule has 0 saturated heterocycles. The second-order valence-electron chi connectivity index (χ2n) is 5.11. The van der Waals surface area contributed by atoms with Gasteiger partial charge in [-0.2, -0.15) is 0 Å². The number of primary amides is 1. The van der Waals surface area contributed by atoms with Gasteiger partial charge in [-0.05, 0) is 29.7 Å². The number of hydrogen-bond donors (Lipinski definition) is 3. The van der Waals surface area contributed by atoms with Crippen LogP contribution in [-0.2, 0) is 6.42 Å². The molecule has 0 spiro atoms. The number of fused-ring (bicyclic) bond motifs is 1. The first-order valence-electron chi connectivity index (χ1n) is 6.67. The Bertz CT molecular complexity index is 667. The summed E-state index contributed by atoms with van der Waals surface area (Å²) >= 11 is 0. The van der Waals surface area contributed by atoms with E-state index in [1.165, 1.54) is 11.1 Å². The number of rotatable bonds is 4. The molecule has 1 atom stereocenters. The maximum atomic E-state index is 11.3. The van der Waals surface area contributed by atoms with E-state index in [9.17, 15) is 4.79 Å². The van der Waals surface area contributed by atoms with Crippen molar-refractivity contribution in [3.63, 3.8) is 0 Å². The van der Waals surface area contributed by atoms with Crippen molar-refractivity contribution in [1.82, 2.24) is 0 Å². The lowest BCUT2D eigenvalue weighted by Gasteiger charge is -2.30. The number of nitrogen functional groups attached to an aromatic ring is 1. The van der Waals surface area contributed by atoms with Crippen molar-refractivity contribution in [2.24, 2.45) is 5.73 Å². The van der Waals surface area contributed by atoms with E-state index in [0.29, 0.717) is 17.2 Å². The quantitative estimate of drug-likeness (QED) is 0.742. The van der Waals surface area contributed by atoms with Crippen molar-refractivity contribution in [2.75, 3.05) is 17.6 Å². The molecule has 2 aromatic rings. The van der Waals surface area contributed by atoms with Crippen LogP contribution in [0.2, 0.25) is 0 Å². The zero-order valence-corrected chi connectivity index (χ0v) is 11.1. The number of carbonyl (C=O) groups is 1. The van der Waals surface area contributed by atoms with Crippen molar-refractivity contribution in [1.29, 1.82) is 0 Å². The highest BCUT2D eigenvalue weighted by molar-refractivity contribution is 6.00. The fraction of sp³-hybridized carbons (Fsp3) is 0.188. The number of amides is 1. The van der Waals surface area contributed by atoms with Crippen molar-refractivity contribution in [3.05, 3.63) is 59.2 Å². The van der Waals surface area contributed by atoms with Gasteiger partial charge in [0.05, 0.1) is 16.9 Å². The highest BCUT2D eigenvalue weighted by atomic mass is 16.1. The van der Waals surface area contributed by atoms with Gasteiger partial charge < -0.3 is 16.8 Å². The third-order valence-electron chi connectivity index (χ3n) is 3.87. The van der Waals surface area contributed by atoms with Gasteiger partial charge in [0.2, 0.25) is 0 Å². The Morgan fingerprint density at radius 2 is 2.00 bits per heavy atom. The van der Waals surface area contributed by atoms with Crippen LogP contribution < -0.4 is 16.8 Å². The predicted molar refractivity (Wildman–Crippen MR) is 80.7 cm³/mol. The lowest BCUT2D eigenvalue weighted by Crippen LogP contribution is -2.24. The zero-order chi connectivity index (χ0) is 14.1. The van der Waals surface area contributed by atoms with Crippen LogP contribution in [0.5, 0.6) is 0 Å². The fourth-order valence-corrected chi connectivity index (χ4v) is 2.71. The van der Waals surface area contributed by atoms with Gasteiger partial charge in [-0.25, -0.2) is 0 Å². The first-order valence-corrected chi connectivity index (χ1v) is 6.67. The van der Waals surface area contributed by atoms with Crippen molar-refractivity contribution in [2.45, 2.75) is 12.3 Å². The third-order valence-corrected chi connectivity index (χ3v) is 3.87. The number of para-hydroxylation sites is 1. The van der Waals surface area contributed by atoms with E-state index in [2.05, 4.69) is 29.6 Å². The van der Waals surface area contributed by atoms with E-state index in [1.807, 2.05) is 6.07 Å². The summed E-state index contributed by atoms with van der Waals surface area (Å²) in [6, 6.07) is 13.7. The van der Waals surface area contributed by atoms with Crippen LogP contribution in [0.4, 0.5) is 11.4 Å². The number of nitrogens with one attached hydrogen (secondary N) is 1. The van der Waals surface area contributed by atoms with Gasteiger partial charge in [-0.15, -0.1) is 0 Å². The van der Waals surface area contributed by atoms with E-state index >= 15 is 0 Å². The molecule has 2 aromatic carbocycles. The third kappa shape index (κ3) is 2.09. The SMILES string of the molecule is NC(=O)c1cccc(NCC2Cc3ccccc32)c1N. The first kappa shape index (κ1) is 12.5. The van der Waals surface area contributed by atoms with E-state index in [1.54, 1.807) is 12.1 Å². The molecule has 20 heavy (non-hydrogen) atoms. The molecule has 0 bridgehead atoms. The Morgan fingerprint density at radius 3 is 2.75 bits per heavy atom. The number of hydrogen-bond acceptors (Lipinski definition) is 3. The molecule has 0 radical (unpaired) electrons. The Hall–Kier alpha value is -2.49. The average molecular weight is 267 g/mol. The van der Waals surface area contributed by atoms with E-state index in [-0.39, 0.29) is 0 Å². The zero-order valence-electron chi connectivity index (χ0n) is 11.1. The van der Waals surface area contributed by atoms with Crippen molar-refractivity contribution >= 4 is 17.3 Å². The maximum Gasteiger partial charge on any atom is 0.250 e. The minimum Gasteiger partial charge on any atom is -0.396 e. The van der Waals surface area contributed by atoms with Gasteiger partial charge in [-0.3, -0.25) is 4.79 Å². The lowest BCUT2D eigenvalue weighted by molar-refractivity contribution is 0.100. The normalized spacial score (nSPS) is 16.1. The molecule has 0 saturated carbocycles. The molecule has 1 aliphatic carbocycles. The summed E-state index contributed by atoms with van der Waals surface area (Å²) in [5, 5.41) is 3.32. The highest BCUT2D eigenvalue weighted by Crippen LogP contribution is 2.35. The summed E-state index contributed by atoms with van der Waals surface area (Å²) in [6.07, 6.45) is 1.08. The maximum absolute atomic E-state index is 11.3. The van der Waals surface area contributed by atoms with Crippen LogP contribution in [0.25, 0.3) is 0 Å². The Kier molecular flexibility index (Phi) is 3.06. The summed E-state index contributed by atoms with van der Waals surface area (Å²) in [4.78, 5) is 11.3. The monoisotopic (exact) mass is 267 g/mol. The van der Waals surface area contributed by atoms with Crippen LogP contribution in [0, 0.1) is 0 Å². The van der Waals surface area contributed by atoms with Crippen molar-refractivity contribution in [3.8, 4) is 0 Å². The van der Waals surface area contributed by atoms with Gasteiger partial charge in [0.15, 0.2) is 0 Å². The molecule has 0 aromatic heterocycles. The van der Waals surface area contributed by atoms with Gasteiger partial charge in [0, 0.05) is 12.5 Å². The van der Waals surface area contributed by atoms with Crippen LogP contribution in [0.15, 0.2) is 42.5 Å². The Morgan fingerprint density at radius 1 is 1.20 bits per heavy atom. The second kappa shape index (κ2) is 4.89. The molecule has 4 nitrogen and oxygen atoms in total. The molecule has 1 amide bonds. The van der Waals surface area contributed by atoms with Crippen LogP contribution in [-0.4, -0.2) is 12.5 Å². The van der Waals surface area contributed by atoms with E-state index < -0.39 is 5.91 Å². The highest BCUT2D eigenvalue weighted by Gasteiger charge is 2.25. The summed E-state index contributed by atoms with van der Waals surface area (Å²) in [6.45, 7) is 0.809. The van der Waals surface area contributed by atoms with Gasteiger partial charge in [-0.1, -0.05) is 30.3 Å². The lowest BCUT2D eigenvalue weighted by atomic mass is 9.77. The molecular weight excluding hydrogens is 250 g/mol. The minimum absolute atomic E-state index is 0.365. The molecule has 1 aliphatic rings. The molecule has 1 unspecified atom stereocenters. The van der Waals surface area contributed by atoms with Gasteiger partial charge in [0.1, 0.15) is 0 Å². The minimum atomic E-state index is -0.500. The molecular formula is C16H17N3O. The molecule has 0 heterocycles. The van der Waals surface area contributed by atoms with Crippen molar-refractivity contribution < 1.29 is 4.79 Å². The molecule has 0 aliphatic heterocycles. The standard InChI is InChI=1S/C16H17N3O/c17-15-13(16(18)20)6-3-7-14(15)19-9-11-8-10-4-1-2-5-12(10)11/h1-7,11,19H,8-9,17H2,(H2,18,20). The largest absolute Gasteiger partial charge is 0.396 e. The molecule has 4 heteroatoms. The smallest absolute Gasteiger partial charge is 0.250 e. The summed E-state index contributed by atoms with van der Waals surface area (Å²) in [7, 11) is 0. The Labute approximate surface area is 117 Å². The first-order chi connectivity index (χ1) is 9.66. The van der Waals surface area contributed by atoms with Gasteiger partial charge >= 0.3 is 0 Å². The van der Waals surface area contributed by atoms with Crippen LogP contribution in [0.3, 0.4) is 0 Å². The second-order valence-corrected chi connectivity index (χ2v) is 5.11. The summed E-state index contributed by atoms with van der Waals surface area (Å²) in [5.41, 5.74) is 15.6. The molecule has 0 fully saturated rings. The molecule has 5 N–H and O–H groups in total. The summed E-state index contributed by atoms with van der Waals surface area (Å²) < 4.78 is 0. The molecule has 3 rings (SSSR count). The van der Waals surface area contributed by atoms with E-state index in [0.717, 1.165) is 18.7 Å². The number of nitrogens with two attached hydrogens (primary N) is 2. The fourth-order valence-electron chi connectivity index (χ4n) is 2.71. The summed E-state index contributed by atoms with van der Waals surface area (Å²) in [5.74, 6) is 0.00275. The number of carbonyl (C=O) groups excluding carboxylic acids is 1. The topological polar surface area (TPSA) is 81.1 Å². The molecule has 102 valence electrons. The number of anilines is 2. The van der Waals surface area contributed by atoms with Crippen LogP contribution in [0.1, 0.15) is 27.4 Å². The number of benzene rings is 2. The van der Waals surface area contributed by atoms with Gasteiger partial charge in [0.25, 0.3) is 5.91 Å². The average Bonchev–Trinajstić information content (AvgIpc) is 2.41.